The Bertz CT molecular complexity index is 881. The third-order valence-corrected chi connectivity index (χ3v) is 3.57. The van der Waals surface area contributed by atoms with Gasteiger partial charge in [-0.1, -0.05) is 11.6 Å². The quantitative estimate of drug-likeness (QED) is 0.298. The molecule has 5 N–H and O–H groups in total. The molecule has 0 amide bonds. The van der Waals surface area contributed by atoms with E-state index in [4.69, 9.17) is 33.1 Å². The van der Waals surface area contributed by atoms with Crippen LogP contribution in [0.1, 0.15) is 0 Å². The number of carboxylic acid groups (broad SMARTS) is 1. The van der Waals surface area contributed by atoms with Crippen molar-refractivity contribution in [2.45, 2.75) is 6.54 Å². The van der Waals surface area contributed by atoms with Crippen molar-refractivity contribution in [3.05, 3.63) is 45.8 Å². The summed E-state index contributed by atoms with van der Waals surface area (Å²) in [5, 5.41) is 13.8. The Morgan fingerprint density at radius 2 is 2.16 bits per heavy atom. The number of carboxylic acids is 1. The Labute approximate surface area is 147 Å². The molecular weight excluding hydrogens is 350 g/mol. The van der Waals surface area contributed by atoms with Crippen molar-refractivity contribution < 1.29 is 14.6 Å². The average Bonchev–Trinajstić information content (AvgIpc) is 2.56. The summed E-state index contributed by atoms with van der Waals surface area (Å²) in [6.45, 7) is -0.485. The highest BCUT2D eigenvalue weighted by Gasteiger charge is 2.17. The summed E-state index contributed by atoms with van der Waals surface area (Å²) in [5.74, 6) is 10.1. The summed E-state index contributed by atoms with van der Waals surface area (Å²) < 4.78 is 6.32. The zero-order chi connectivity index (χ0) is 18.6. The first-order chi connectivity index (χ1) is 11.9. The fourth-order valence-corrected chi connectivity index (χ4v) is 2.45. The summed E-state index contributed by atoms with van der Waals surface area (Å²) in [6, 6.07) is 6.09. The molecule has 0 bridgehead atoms. The number of benzene rings is 1. The lowest BCUT2D eigenvalue weighted by atomic mass is 10.0. The molecular formula is C15H16ClN5O4. The third-order valence-electron chi connectivity index (χ3n) is 3.33. The number of hydrogen-bond acceptors (Lipinski definition) is 6. The second kappa shape index (κ2) is 7.69. The van der Waals surface area contributed by atoms with Gasteiger partial charge in [-0.05, 0) is 18.2 Å². The predicted molar refractivity (Wildman–Crippen MR) is 94.7 cm³/mol. The van der Waals surface area contributed by atoms with Crippen LogP contribution in [0.4, 0.5) is 5.69 Å². The lowest BCUT2D eigenvalue weighted by molar-refractivity contribution is -0.137. The van der Waals surface area contributed by atoms with Gasteiger partial charge in [0.2, 0.25) is 0 Å². The molecule has 0 saturated heterocycles. The molecule has 25 heavy (non-hydrogen) atoms. The van der Waals surface area contributed by atoms with E-state index in [0.29, 0.717) is 21.8 Å². The third kappa shape index (κ3) is 4.08. The molecule has 9 nitrogen and oxygen atoms in total. The standard InChI is InChI=1S/C15H16ClN5O4/c1-25-13-6-20(7-15(23)24)14(22)5-11(13)10-4-9(16)2-3-12(10)21(18)8-19-17/h2-6,8H,7,17-18H2,1H3,(H,23,24)/b19-8-. The minimum atomic E-state index is -1.15. The second-order valence-electron chi connectivity index (χ2n) is 4.95. The number of hydrazone groups is 1. The van der Waals surface area contributed by atoms with Gasteiger partial charge in [0.15, 0.2) is 0 Å². The van der Waals surface area contributed by atoms with Crippen LogP contribution >= 0.6 is 11.6 Å². The molecule has 2 rings (SSSR count). The van der Waals surface area contributed by atoms with Crippen molar-refractivity contribution in [3.8, 4) is 16.9 Å². The van der Waals surface area contributed by atoms with Crippen LogP contribution < -0.4 is 27.0 Å². The van der Waals surface area contributed by atoms with Crippen LogP contribution in [0, 0.1) is 0 Å². The highest BCUT2D eigenvalue weighted by molar-refractivity contribution is 6.31. The first-order valence-electron chi connectivity index (χ1n) is 6.95. The summed E-state index contributed by atoms with van der Waals surface area (Å²) in [5.41, 5.74) is 0.839. The van der Waals surface area contributed by atoms with E-state index < -0.39 is 18.1 Å². The number of methoxy groups -OCH3 is 1. The number of ether oxygens (including phenoxy) is 1. The van der Waals surface area contributed by atoms with Crippen LogP contribution in [-0.4, -0.2) is 29.1 Å². The molecule has 1 heterocycles. The molecule has 0 aliphatic carbocycles. The van der Waals surface area contributed by atoms with E-state index in [1.807, 2.05) is 0 Å². The van der Waals surface area contributed by atoms with E-state index in [1.165, 1.54) is 25.7 Å². The van der Waals surface area contributed by atoms with Gasteiger partial charge in [-0.15, -0.1) is 0 Å². The van der Waals surface area contributed by atoms with Crippen molar-refractivity contribution >= 4 is 29.6 Å². The molecule has 0 atom stereocenters. The smallest absolute Gasteiger partial charge is 0.323 e. The molecule has 10 heteroatoms. The van der Waals surface area contributed by atoms with Crippen molar-refractivity contribution in [1.29, 1.82) is 0 Å². The van der Waals surface area contributed by atoms with Crippen molar-refractivity contribution in [1.82, 2.24) is 4.57 Å². The molecule has 0 fully saturated rings. The topological polar surface area (TPSA) is 136 Å². The van der Waals surface area contributed by atoms with E-state index >= 15 is 0 Å². The number of halogens is 1. The van der Waals surface area contributed by atoms with E-state index in [1.54, 1.807) is 18.2 Å². The fourth-order valence-electron chi connectivity index (χ4n) is 2.28. The molecule has 132 valence electrons. The van der Waals surface area contributed by atoms with Crippen LogP contribution in [-0.2, 0) is 11.3 Å². The zero-order valence-corrected chi connectivity index (χ0v) is 14.0. The number of hydrogen-bond donors (Lipinski definition) is 3. The number of pyridine rings is 1. The van der Waals surface area contributed by atoms with E-state index in [0.717, 1.165) is 9.58 Å². The number of nitrogens with zero attached hydrogens (tertiary/aromatic N) is 3. The molecule has 0 aliphatic rings. The monoisotopic (exact) mass is 365 g/mol. The number of carbonyl (C=O) groups is 1. The van der Waals surface area contributed by atoms with Crippen LogP contribution in [0.15, 0.2) is 40.4 Å². The van der Waals surface area contributed by atoms with Gasteiger partial charge in [-0.2, -0.15) is 5.10 Å². The largest absolute Gasteiger partial charge is 0.495 e. The maximum absolute atomic E-state index is 12.2. The molecule has 1 aromatic heterocycles. The lowest BCUT2D eigenvalue weighted by Gasteiger charge is -2.19. The Hall–Kier alpha value is -3.04. The highest BCUT2D eigenvalue weighted by atomic mass is 35.5. The zero-order valence-electron chi connectivity index (χ0n) is 13.2. The minimum Gasteiger partial charge on any atom is -0.495 e. The Morgan fingerprint density at radius 3 is 2.76 bits per heavy atom. The van der Waals surface area contributed by atoms with Crippen molar-refractivity contribution in [3.63, 3.8) is 0 Å². The van der Waals surface area contributed by atoms with Gasteiger partial charge in [-0.25, -0.2) is 5.84 Å². The van der Waals surface area contributed by atoms with E-state index in [-0.39, 0.29) is 5.75 Å². The number of aliphatic carboxylic acids is 1. The average molecular weight is 366 g/mol. The maximum Gasteiger partial charge on any atom is 0.323 e. The van der Waals surface area contributed by atoms with Crippen LogP contribution in [0.5, 0.6) is 5.75 Å². The predicted octanol–water partition coefficient (Wildman–Crippen LogP) is 0.844. The lowest BCUT2D eigenvalue weighted by Crippen LogP contribution is -2.30. The van der Waals surface area contributed by atoms with E-state index in [9.17, 15) is 9.59 Å². The number of anilines is 1. The Morgan fingerprint density at radius 1 is 1.44 bits per heavy atom. The number of nitrogens with two attached hydrogens (primary N) is 2. The molecule has 1 aromatic carbocycles. The van der Waals surface area contributed by atoms with Gasteiger partial charge in [0.1, 0.15) is 18.6 Å². The Kier molecular flexibility index (Phi) is 5.63. The maximum atomic E-state index is 12.2. The highest BCUT2D eigenvalue weighted by Crippen LogP contribution is 2.36. The van der Waals surface area contributed by atoms with Crippen LogP contribution in [0.2, 0.25) is 5.02 Å². The van der Waals surface area contributed by atoms with Gasteiger partial charge < -0.3 is 20.3 Å². The minimum absolute atomic E-state index is 0.280. The molecule has 0 aliphatic heterocycles. The van der Waals surface area contributed by atoms with E-state index in [2.05, 4.69) is 5.10 Å². The SMILES string of the molecule is COc1cn(CC(=O)O)c(=O)cc1-c1cc(Cl)ccc1N(N)/C=N\N. The number of hydrazine groups is 1. The first-order valence-corrected chi connectivity index (χ1v) is 7.32. The number of rotatable bonds is 6. The van der Waals surface area contributed by atoms with Crippen LogP contribution in [0.25, 0.3) is 11.1 Å². The van der Waals surface area contributed by atoms with Crippen molar-refractivity contribution in [2.75, 3.05) is 12.1 Å². The molecule has 0 unspecified atom stereocenters. The first kappa shape index (κ1) is 18.3. The van der Waals surface area contributed by atoms with Gasteiger partial charge in [0, 0.05) is 22.2 Å². The van der Waals surface area contributed by atoms with Gasteiger partial charge in [0.25, 0.3) is 5.56 Å². The summed E-state index contributed by atoms with van der Waals surface area (Å²) in [7, 11) is 1.40. The normalized spacial score (nSPS) is 10.8. The molecule has 0 saturated carbocycles. The van der Waals surface area contributed by atoms with Crippen molar-refractivity contribution in [2.24, 2.45) is 16.8 Å². The Balaban J connectivity index is 2.69. The summed E-state index contributed by atoms with van der Waals surface area (Å²) >= 11 is 6.06. The second-order valence-corrected chi connectivity index (χ2v) is 5.39. The van der Waals surface area contributed by atoms with Gasteiger partial charge in [0.05, 0.1) is 19.0 Å². The van der Waals surface area contributed by atoms with Crippen LogP contribution in [0.3, 0.4) is 0 Å². The van der Waals surface area contributed by atoms with Gasteiger partial charge in [-0.3, -0.25) is 14.6 Å². The van der Waals surface area contributed by atoms with Gasteiger partial charge >= 0.3 is 5.97 Å². The number of aromatic nitrogens is 1. The molecule has 0 spiro atoms. The molecule has 2 aromatic rings. The fraction of sp³-hybridized carbons (Fsp3) is 0.133. The summed E-state index contributed by atoms with van der Waals surface area (Å²) in [6.07, 6.45) is 2.50. The summed E-state index contributed by atoms with van der Waals surface area (Å²) in [4.78, 5) is 23.1. The molecule has 0 radical (unpaired) electrons.